The number of thiophene rings is 1. The van der Waals surface area contributed by atoms with Crippen LogP contribution in [0.4, 0.5) is 16.0 Å². The third-order valence-corrected chi connectivity index (χ3v) is 3.78. The van der Waals surface area contributed by atoms with Crippen LogP contribution in [0.3, 0.4) is 0 Å². The molecule has 0 saturated carbocycles. The molecule has 0 aliphatic heterocycles. The van der Waals surface area contributed by atoms with Gasteiger partial charge >= 0.3 is 0 Å². The number of halogens is 1. The molecule has 8 heteroatoms. The topological polar surface area (TPSA) is 95.2 Å². The summed E-state index contributed by atoms with van der Waals surface area (Å²) in [5, 5.41) is 16.7. The molecular formula is C13H8FN3O3S. The zero-order valence-corrected chi connectivity index (χ0v) is 11.3. The summed E-state index contributed by atoms with van der Waals surface area (Å²) in [4.78, 5) is 11.2. The van der Waals surface area contributed by atoms with Gasteiger partial charge < -0.3 is 10.3 Å². The Morgan fingerprint density at radius 2 is 2.19 bits per heavy atom. The monoisotopic (exact) mass is 305 g/mol. The Morgan fingerprint density at radius 1 is 1.38 bits per heavy atom. The average molecular weight is 305 g/mol. The second kappa shape index (κ2) is 4.98. The fourth-order valence-electron chi connectivity index (χ4n) is 2.00. The first-order chi connectivity index (χ1) is 10.1. The van der Waals surface area contributed by atoms with Gasteiger partial charge in [0.15, 0.2) is 0 Å². The first-order valence-corrected chi connectivity index (χ1v) is 6.69. The Hall–Kier alpha value is -2.74. The van der Waals surface area contributed by atoms with Crippen LogP contribution in [-0.2, 0) is 0 Å². The van der Waals surface area contributed by atoms with E-state index in [4.69, 9.17) is 10.3 Å². The first kappa shape index (κ1) is 13.3. The highest BCUT2D eigenvalue weighted by molar-refractivity contribution is 7.13. The van der Waals surface area contributed by atoms with Gasteiger partial charge in [-0.3, -0.25) is 10.1 Å². The van der Waals surface area contributed by atoms with Crippen molar-refractivity contribution < 1.29 is 13.8 Å². The number of benzene rings is 1. The number of anilines is 1. The van der Waals surface area contributed by atoms with Crippen molar-refractivity contribution in [2.75, 3.05) is 5.73 Å². The molecule has 0 atom stereocenters. The van der Waals surface area contributed by atoms with Crippen molar-refractivity contribution in [2.24, 2.45) is 0 Å². The fraction of sp³-hybridized carbons (Fsp3) is 0. The minimum Gasteiger partial charge on any atom is -0.367 e. The number of nitro groups is 1. The molecule has 2 N–H and O–H groups in total. The van der Waals surface area contributed by atoms with Crippen LogP contribution in [0.1, 0.15) is 0 Å². The number of hydrogen-bond donors (Lipinski definition) is 1. The third kappa shape index (κ3) is 2.25. The van der Waals surface area contributed by atoms with Gasteiger partial charge in [0.25, 0.3) is 5.69 Å². The van der Waals surface area contributed by atoms with Gasteiger partial charge in [-0.15, -0.1) is 11.3 Å². The summed E-state index contributed by atoms with van der Waals surface area (Å²) in [7, 11) is 0. The van der Waals surface area contributed by atoms with E-state index in [1.165, 1.54) is 11.3 Å². The number of nitrogens with two attached hydrogens (primary N) is 1. The summed E-state index contributed by atoms with van der Waals surface area (Å²) in [6, 6.07) is 6.74. The van der Waals surface area contributed by atoms with Gasteiger partial charge in [0.05, 0.1) is 16.1 Å². The van der Waals surface area contributed by atoms with E-state index in [2.05, 4.69) is 5.16 Å². The standard InChI is InChI=1S/C13H8FN3O3S/c14-7-3-4-9(17(18)19)8(6-7)12-11(13(15)20-16-12)10-2-1-5-21-10/h1-6H,15H2. The van der Waals surface area contributed by atoms with Gasteiger partial charge in [0.2, 0.25) is 5.88 Å². The van der Waals surface area contributed by atoms with Gasteiger partial charge in [0.1, 0.15) is 11.5 Å². The highest BCUT2D eigenvalue weighted by atomic mass is 32.1. The lowest BCUT2D eigenvalue weighted by atomic mass is 10.0. The molecule has 0 saturated heterocycles. The lowest BCUT2D eigenvalue weighted by Gasteiger charge is -2.02. The van der Waals surface area contributed by atoms with Crippen molar-refractivity contribution in [2.45, 2.75) is 0 Å². The molecule has 21 heavy (non-hydrogen) atoms. The minimum atomic E-state index is -0.602. The number of nitrogen functional groups attached to an aromatic ring is 1. The summed E-state index contributed by atoms with van der Waals surface area (Å²) in [6.45, 7) is 0. The highest BCUT2D eigenvalue weighted by Gasteiger charge is 2.25. The van der Waals surface area contributed by atoms with Crippen molar-refractivity contribution in [3.63, 3.8) is 0 Å². The zero-order chi connectivity index (χ0) is 15.0. The van der Waals surface area contributed by atoms with Gasteiger partial charge in [-0.05, 0) is 23.6 Å². The summed E-state index contributed by atoms with van der Waals surface area (Å²) >= 11 is 1.38. The molecule has 0 spiro atoms. The Bertz CT molecular complexity index is 814. The largest absolute Gasteiger partial charge is 0.367 e. The predicted molar refractivity (Wildman–Crippen MR) is 76.3 cm³/mol. The maximum atomic E-state index is 13.5. The molecule has 2 aromatic heterocycles. The molecule has 106 valence electrons. The van der Waals surface area contributed by atoms with Crippen LogP contribution in [0.25, 0.3) is 21.7 Å². The van der Waals surface area contributed by atoms with Crippen LogP contribution in [0.5, 0.6) is 0 Å². The van der Waals surface area contributed by atoms with E-state index in [1.807, 2.05) is 5.38 Å². The quantitative estimate of drug-likeness (QED) is 0.588. The molecule has 0 amide bonds. The number of hydrogen-bond acceptors (Lipinski definition) is 6. The molecular weight excluding hydrogens is 297 g/mol. The molecule has 6 nitrogen and oxygen atoms in total. The Balaban J connectivity index is 2.28. The smallest absolute Gasteiger partial charge is 0.279 e. The van der Waals surface area contributed by atoms with Crippen LogP contribution >= 0.6 is 11.3 Å². The zero-order valence-electron chi connectivity index (χ0n) is 10.4. The van der Waals surface area contributed by atoms with E-state index in [0.29, 0.717) is 5.56 Å². The van der Waals surface area contributed by atoms with Crippen LogP contribution < -0.4 is 5.73 Å². The number of nitrogens with zero attached hydrogens (tertiary/aromatic N) is 2. The summed E-state index contributed by atoms with van der Waals surface area (Å²) in [5.74, 6) is -0.569. The van der Waals surface area contributed by atoms with Crippen LogP contribution in [0.15, 0.2) is 40.2 Å². The normalized spacial score (nSPS) is 10.7. The van der Waals surface area contributed by atoms with Crippen molar-refractivity contribution in [3.05, 3.63) is 51.6 Å². The first-order valence-electron chi connectivity index (χ1n) is 5.81. The Morgan fingerprint density at radius 3 is 2.86 bits per heavy atom. The molecule has 3 rings (SSSR count). The van der Waals surface area contributed by atoms with Gasteiger partial charge in [-0.1, -0.05) is 11.2 Å². The van der Waals surface area contributed by atoms with Crippen molar-refractivity contribution in [1.82, 2.24) is 5.16 Å². The van der Waals surface area contributed by atoms with Crippen LogP contribution in [0.2, 0.25) is 0 Å². The molecule has 2 heterocycles. The Labute approximate surface area is 121 Å². The van der Waals surface area contributed by atoms with Crippen molar-refractivity contribution in [1.29, 1.82) is 0 Å². The molecule has 0 fully saturated rings. The predicted octanol–water partition coefficient (Wildman–Crippen LogP) is 3.70. The molecule has 0 aliphatic carbocycles. The van der Waals surface area contributed by atoms with Crippen LogP contribution in [0, 0.1) is 15.9 Å². The van der Waals surface area contributed by atoms with Crippen molar-refractivity contribution in [3.8, 4) is 21.7 Å². The van der Waals surface area contributed by atoms with Crippen LogP contribution in [-0.4, -0.2) is 10.1 Å². The Kier molecular flexibility index (Phi) is 3.15. The van der Waals surface area contributed by atoms with Gasteiger partial charge in [-0.25, -0.2) is 4.39 Å². The summed E-state index contributed by atoms with van der Waals surface area (Å²) in [5.41, 5.74) is 6.10. The number of aromatic nitrogens is 1. The van der Waals surface area contributed by atoms with E-state index in [1.54, 1.807) is 12.1 Å². The SMILES string of the molecule is Nc1onc(-c2cc(F)ccc2[N+](=O)[O-])c1-c1cccs1. The van der Waals surface area contributed by atoms with Crippen molar-refractivity contribution >= 4 is 22.9 Å². The van der Waals surface area contributed by atoms with E-state index >= 15 is 0 Å². The minimum absolute atomic E-state index is 0.0313. The number of rotatable bonds is 3. The molecule has 0 radical (unpaired) electrons. The van der Waals surface area contributed by atoms with Gasteiger partial charge in [-0.2, -0.15) is 0 Å². The van der Waals surface area contributed by atoms with E-state index < -0.39 is 10.7 Å². The number of nitro benzene ring substituents is 1. The second-order valence-corrected chi connectivity index (χ2v) is 5.11. The highest BCUT2D eigenvalue weighted by Crippen LogP contribution is 2.41. The summed E-state index contributed by atoms with van der Waals surface area (Å²) in [6.07, 6.45) is 0. The van der Waals surface area contributed by atoms with E-state index in [-0.39, 0.29) is 22.8 Å². The molecule has 0 bridgehead atoms. The fourth-order valence-corrected chi connectivity index (χ4v) is 2.78. The van der Waals surface area contributed by atoms with Gasteiger partial charge in [0, 0.05) is 10.9 Å². The molecule has 0 unspecified atom stereocenters. The maximum Gasteiger partial charge on any atom is 0.279 e. The second-order valence-electron chi connectivity index (χ2n) is 4.17. The molecule has 3 aromatic rings. The third-order valence-electron chi connectivity index (χ3n) is 2.90. The maximum absolute atomic E-state index is 13.5. The summed E-state index contributed by atoms with van der Waals surface area (Å²) < 4.78 is 18.4. The lowest BCUT2D eigenvalue weighted by molar-refractivity contribution is -0.384. The van der Waals surface area contributed by atoms with E-state index in [9.17, 15) is 14.5 Å². The van der Waals surface area contributed by atoms with E-state index in [0.717, 1.165) is 23.1 Å². The molecule has 1 aromatic carbocycles. The molecule has 0 aliphatic rings. The lowest BCUT2D eigenvalue weighted by Crippen LogP contribution is -1.94. The average Bonchev–Trinajstić information content (AvgIpc) is 3.06.